The molecule has 2 fully saturated rings. The number of benzene rings is 2. The van der Waals surface area contributed by atoms with Gasteiger partial charge in [0.25, 0.3) is 11.8 Å². The highest BCUT2D eigenvalue weighted by Crippen LogP contribution is 2.43. The number of nitro groups is 1. The van der Waals surface area contributed by atoms with Gasteiger partial charge in [0.1, 0.15) is 18.6 Å². The summed E-state index contributed by atoms with van der Waals surface area (Å²) in [6.45, 7) is 6.21. The van der Waals surface area contributed by atoms with E-state index in [0.29, 0.717) is 67.3 Å². The summed E-state index contributed by atoms with van der Waals surface area (Å²) in [5.41, 5.74) is 1.46. The summed E-state index contributed by atoms with van der Waals surface area (Å²) in [7, 11) is 2.69. The topological polar surface area (TPSA) is 218 Å². The van der Waals surface area contributed by atoms with Crippen molar-refractivity contribution in [1.82, 2.24) is 14.8 Å². The molecule has 7 rings (SSSR count). The lowest BCUT2D eigenvalue weighted by atomic mass is 9.82. The van der Waals surface area contributed by atoms with E-state index in [0.717, 1.165) is 22.1 Å². The fourth-order valence-corrected chi connectivity index (χ4v) is 10.2. The smallest absolute Gasteiger partial charge is 0.416 e. The molecular weight excluding hydrogens is 819 g/mol. The average molecular weight is 867 g/mol. The minimum Gasteiger partial charge on any atom is -0.493 e. The number of anilines is 2. The van der Waals surface area contributed by atoms with Crippen LogP contribution in [0.1, 0.15) is 65.3 Å². The van der Waals surface area contributed by atoms with Crippen LogP contribution in [0.3, 0.4) is 0 Å². The van der Waals surface area contributed by atoms with E-state index in [2.05, 4.69) is 4.98 Å². The highest BCUT2D eigenvalue weighted by atomic mass is 33.1. The zero-order valence-electron chi connectivity index (χ0n) is 33.6. The summed E-state index contributed by atoms with van der Waals surface area (Å²) >= 11 is 0. The Kier molecular flexibility index (Phi) is 13.2. The number of carbonyl (C=O) groups is 3. The van der Waals surface area contributed by atoms with Gasteiger partial charge in [0.05, 0.1) is 54.1 Å². The first-order valence-electron chi connectivity index (χ1n) is 19.8. The van der Waals surface area contributed by atoms with Gasteiger partial charge < -0.3 is 48.8 Å². The molecule has 2 aromatic carbocycles. The molecule has 0 aliphatic carbocycles. The molecule has 0 saturated carbocycles. The van der Waals surface area contributed by atoms with E-state index in [1.807, 2.05) is 0 Å². The van der Waals surface area contributed by atoms with Gasteiger partial charge in [-0.1, -0.05) is 10.8 Å². The number of carbonyl (C=O) groups excluding carboxylic acids is 3. The maximum absolute atomic E-state index is 13.9. The Morgan fingerprint density at radius 3 is 2.27 bits per heavy atom. The SMILES string of the molecule is COc1cc2c(cc1OCCCOc1cc3c(cc1C)C(=O)N1CCC[C@H]1C(O)N3C(=O)OC[C@@H](C)SSc1ncccc1[N+](=O)[O-])N(B(C)O)[C@@H](O)[C@@H]1CCCN1C2=O. The van der Waals surface area contributed by atoms with Gasteiger partial charge in [-0.05, 0) is 80.9 Å². The van der Waals surface area contributed by atoms with E-state index in [-0.39, 0.29) is 64.4 Å². The van der Waals surface area contributed by atoms with Crippen LogP contribution in [0.25, 0.3) is 0 Å². The molecule has 3 amide bonds. The number of hydrogen-bond acceptors (Lipinski definition) is 16. The Hall–Kier alpha value is -4.96. The number of aryl methyl sites for hydroxylation is 1. The van der Waals surface area contributed by atoms with E-state index >= 15 is 0 Å². The number of amides is 3. The Balaban J connectivity index is 1.04. The molecule has 60 heavy (non-hydrogen) atoms. The summed E-state index contributed by atoms with van der Waals surface area (Å²) in [5.74, 6) is 0.401. The van der Waals surface area contributed by atoms with Gasteiger partial charge in [-0.25, -0.2) is 14.7 Å². The lowest BCUT2D eigenvalue weighted by Crippen LogP contribution is -2.53. The predicted octanol–water partition coefficient (Wildman–Crippen LogP) is 4.72. The number of fused-ring (bicyclic) bond motifs is 4. The zero-order valence-corrected chi connectivity index (χ0v) is 35.2. The van der Waals surface area contributed by atoms with Crippen LogP contribution in [-0.2, 0) is 4.74 Å². The fourth-order valence-electron chi connectivity index (χ4n) is 8.12. The molecule has 21 heteroatoms. The maximum atomic E-state index is 13.9. The summed E-state index contributed by atoms with van der Waals surface area (Å²) in [5, 5.41) is 44.9. The van der Waals surface area contributed by atoms with E-state index < -0.39 is 42.6 Å². The van der Waals surface area contributed by atoms with Crippen molar-refractivity contribution < 1.29 is 53.5 Å². The summed E-state index contributed by atoms with van der Waals surface area (Å²) in [4.78, 5) is 62.0. The Morgan fingerprint density at radius 2 is 1.62 bits per heavy atom. The molecule has 18 nitrogen and oxygen atoms in total. The second-order valence-corrected chi connectivity index (χ2v) is 17.6. The van der Waals surface area contributed by atoms with Crippen LogP contribution < -0.4 is 23.9 Å². The van der Waals surface area contributed by atoms with Crippen LogP contribution >= 0.6 is 21.6 Å². The van der Waals surface area contributed by atoms with Crippen molar-refractivity contribution >= 4 is 63.6 Å². The second-order valence-electron chi connectivity index (χ2n) is 15.0. The molecule has 1 unspecified atom stereocenters. The number of ether oxygens (including phenoxy) is 4. The third-order valence-electron chi connectivity index (χ3n) is 11.0. The van der Waals surface area contributed by atoms with Crippen molar-refractivity contribution in [3.63, 3.8) is 0 Å². The molecular formula is C39H47BN6O12S2. The van der Waals surface area contributed by atoms with E-state index in [1.54, 1.807) is 47.9 Å². The highest BCUT2D eigenvalue weighted by Gasteiger charge is 2.46. The van der Waals surface area contributed by atoms with Crippen molar-refractivity contribution in [2.45, 2.75) is 87.6 Å². The highest BCUT2D eigenvalue weighted by molar-refractivity contribution is 8.77. The molecule has 4 aliphatic heterocycles. The number of aliphatic hydroxyl groups is 2. The fraction of sp³-hybridized carbons (Fsp3) is 0.487. The first-order valence-corrected chi connectivity index (χ1v) is 22.0. The third kappa shape index (κ3) is 8.50. The summed E-state index contributed by atoms with van der Waals surface area (Å²) in [6, 6.07) is 8.08. The minimum atomic E-state index is -1.41. The number of hydrogen-bond donors (Lipinski definition) is 3. The van der Waals surface area contributed by atoms with Crippen molar-refractivity contribution in [1.29, 1.82) is 0 Å². The molecule has 320 valence electrons. The van der Waals surface area contributed by atoms with Gasteiger partial charge in [0.2, 0.25) is 0 Å². The van der Waals surface area contributed by atoms with Crippen molar-refractivity contribution in [3.8, 4) is 17.2 Å². The normalized spacial score (nSPS) is 21.3. The number of methoxy groups -OCH3 is 1. The van der Waals surface area contributed by atoms with Gasteiger partial charge >= 0.3 is 18.8 Å². The van der Waals surface area contributed by atoms with Crippen molar-refractivity contribution in [2.75, 3.05) is 49.7 Å². The third-order valence-corrected chi connectivity index (χ3v) is 13.8. The lowest BCUT2D eigenvalue weighted by molar-refractivity contribution is -0.388. The second kappa shape index (κ2) is 18.3. The summed E-state index contributed by atoms with van der Waals surface area (Å²) in [6.07, 6.45) is 0.929. The van der Waals surface area contributed by atoms with E-state index in [9.17, 15) is 39.7 Å². The molecule has 4 aliphatic rings. The van der Waals surface area contributed by atoms with Crippen LogP contribution in [0.4, 0.5) is 21.9 Å². The van der Waals surface area contributed by atoms with Crippen molar-refractivity contribution in [3.05, 3.63) is 69.4 Å². The van der Waals surface area contributed by atoms with Gasteiger partial charge in [-0.15, -0.1) is 0 Å². The number of aliphatic hydroxyl groups excluding tert-OH is 2. The molecule has 5 heterocycles. The van der Waals surface area contributed by atoms with Gasteiger partial charge in [-0.3, -0.25) is 19.7 Å². The molecule has 0 bridgehead atoms. The standard InChI is InChI=1S/C39H47BN6O12S2/c1-22-17-24-29(44(37(49)27-10-6-13-42(27)35(24)47)39(51)58-21-23(2)59-60-34-26(46(53)54)9-5-12-41-34)19-31(22)56-15-8-16-57-33-20-30-25(18-32(33)55-4)36(48)43-14-7-11-28(43)38(50)45(30)40(3)52/h5,9,12,17-20,23,27-28,37-38,49-50,52H,6-8,10-11,13-16,21H2,1-4H3/t23-,27+,28+,37?,38+/m1/s1. The molecule has 2 saturated heterocycles. The quantitative estimate of drug-likeness (QED) is 0.0657. The number of pyridine rings is 1. The van der Waals surface area contributed by atoms with Crippen LogP contribution in [0.15, 0.2) is 47.6 Å². The number of rotatable bonds is 14. The van der Waals surface area contributed by atoms with Crippen LogP contribution in [0.5, 0.6) is 17.2 Å². The van der Waals surface area contributed by atoms with Gasteiger partial charge in [-0.2, -0.15) is 0 Å². The minimum absolute atomic E-state index is 0.102. The first-order chi connectivity index (χ1) is 28.8. The van der Waals surface area contributed by atoms with Crippen LogP contribution in [0, 0.1) is 17.0 Å². The molecule has 3 N–H and O–H groups in total. The van der Waals surface area contributed by atoms with Gasteiger partial charge in [0, 0.05) is 54.8 Å². The number of aromatic nitrogens is 1. The Labute approximate surface area is 354 Å². The van der Waals surface area contributed by atoms with Crippen molar-refractivity contribution in [2.24, 2.45) is 0 Å². The predicted molar refractivity (Wildman–Crippen MR) is 224 cm³/mol. The Bertz CT molecular complexity index is 2140. The average Bonchev–Trinajstić information content (AvgIpc) is 3.91. The van der Waals surface area contributed by atoms with Gasteiger partial charge in [0.15, 0.2) is 22.8 Å². The molecule has 0 radical (unpaired) electrons. The summed E-state index contributed by atoms with van der Waals surface area (Å²) < 4.78 is 23.6. The first kappa shape index (κ1) is 43.1. The molecule has 5 atom stereocenters. The van der Waals surface area contributed by atoms with Crippen LogP contribution in [-0.4, -0.2) is 130 Å². The largest absolute Gasteiger partial charge is 0.493 e. The Morgan fingerprint density at radius 1 is 0.983 bits per heavy atom. The van der Waals surface area contributed by atoms with Crippen LogP contribution in [0.2, 0.25) is 6.82 Å². The molecule has 1 aromatic heterocycles. The lowest BCUT2D eigenvalue weighted by Gasteiger charge is -2.34. The van der Waals surface area contributed by atoms with E-state index in [4.69, 9.17) is 18.9 Å². The zero-order chi connectivity index (χ0) is 42.8. The molecule has 0 spiro atoms. The maximum Gasteiger partial charge on any atom is 0.416 e. The molecule has 3 aromatic rings. The monoisotopic (exact) mass is 866 g/mol. The number of nitrogens with zero attached hydrogens (tertiary/aromatic N) is 6. The van der Waals surface area contributed by atoms with E-state index in [1.165, 1.54) is 47.9 Å².